The lowest BCUT2D eigenvalue weighted by molar-refractivity contribution is -0.144. The summed E-state index contributed by atoms with van der Waals surface area (Å²) in [5.41, 5.74) is 1.13. The van der Waals surface area contributed by atoms with E-state index in [1.807, 2.05) is 5.10 Å². The third kappa shape index (κ3) is 1.77. The van der Waals surface area contributed by atoms with Crippen molar-refractivity contribution in [3.8, 4) is 11.5 Å². The molecule has 5 nitrogen and oxygen atoms in total. The van der Waals surface area contributed by atoms with Gasteiger partial charge in [-0.15, -0.1) is 0 Å². The number of alkyl halides is 3. The van der Waals surface area contributed by atoms with Gasteiger partial charge in [0.05, 0.1) is 0 Å². The molecule has 0 atom stereocenters. The number of aromatic nitrogens is 5. The van der Waals surface area contributed by atoms with E-state index in [1.54, 1.807) is 24.7 Å². The van der Waals surface area contributed by atoms with Gasteiger partial charge in [-0.3, -0.25) is 9.78 Å². The minimum absolute atomic E-state index is 0.0592. The first-order chi connectivity index (χ1) is 7.38. The molecule has 0 aromatic carbocycles. The second kappa shape index (κ2) is 3.32. The molecule has 0 bridgehead atoms. The highest BCUT2D eigenvalue weighted by atomic mass is 19.4. The fourth-order valence-corrected chi connectivity index (χ4v) is 1.17. The van der Waals surface area contributed by atoms with E-state index in [0.29, 0.717) is 5.69 Å². The summed E-state index contributed by atoms with van der Waals surface area (Å²) in [5, 5.41) is 9.29. The first kappa shape index (κ1) is 10.7. The summed E-state index contributed by atoms with van der Waals surface area (Å²) in [6, 6.07) is 1.61. The minimum Gasteiger partial charge on any atom is -0.272 e. The molecule has 0 saturated heterocycles. The maximum atomic E-state index is 12.2. The van der Waals surface area contributed by atoms with Crippen molar-refractivity contribution in [2.24, 2.45) is 7.05 Å². The first-order valence-corrected chi connectivity index (χ1v) is 4.38. The molecule has 0 fully saturated rings. The van der Waals surface area contributed by atoms with Crippen molar-refractivity contribution in [1.82, 2.24) is 25.0 Å². The van der Waals surface area contributed by atoms with E-state index in [-0.39, 0.29) is 5.82 Å². The van der Waals surface area contributed by atoms with Crippen molar-refractivity contribution in [2.45, 2.75) is 13.1 Å². The number of halogens is 3. The van der Waals surface area contributed by atoms with Crippen LogP contribution in [-0.2, 0) is 13.2 Å². The van der Waals surface area contributed by atoms with Crippen LogP contribution >= 0.6 is 0 Å². The van der Waals surface area contributed by atoms with Gasteiger partial charge in [0, 0.05) is 12.7 Å². The van der Waals surface area contributed by atoms with Gasteiger partial charge in [-0.2, -0.15) is 23.4 Å². The Balaban J connectivity index is 2.39. The van der Waals surface area contributed by atoms with Crippen LogP contribution in [0.3, 0.4) is 0 Å². The maximum absolute atomic E-state index is 12.2. The Bertz CT molecular complexity index is 490. The third-order valence-electron chi connectivity index (χ3n) is 2.10. The van der Waals surface area contributed by atoms with Gasteiger partial charge in [0.1, 0.15) is 5.69 Å². The SMILES string of the molecule is Cc1cc(-c2n[nH]c(C(F)(F)F)n2)nn1C. The number of aromatic amines is 1. The van der Waals surface area contributed by atoms with Crippen LogP contribution in [0.15, 0.2) is 6.07 Å². The van der Waals surface area contributed by atoms with Crippen LogP contribution in [0.1, 0.15) is 11.5 Å². The zero-order valence-corrected chi connectivity index (χ0v) is 8.50. The Morgan fingerprint density at radius 1 is 1.38 bits per heavy atom. The quantitative estimate of drug-likeness (QED) is 0.809. The molecule has 86 valence electrons. The lowest BCUT2D eigenvalue weighted by Gasteiger charge is -1.98. The smallest absolute Gasteiger partial charge is 0.272 e. The van der Waals surface area contributed by atoms with Gasteiger partial charge < -0.3 is 0 Å². The number of rotatable bonds is 1. The number of hydrogen-bond donors (Lipinski definition) is 1. The Morgan fingerprint density at radius 2 is 2.06 bits per heavy atom. The molecule has 0 amide bonds. The third-order valence-corrected chi connectivity index (χ3v) is 2.10. The average Bonchev–Trinajstić information content (AvgIpc) is 2.73. The molecule has 0 aliphatic rings. The van der Waals surface area contributed by atoms with Gasteiger partial charge in [0.25, 0.3) is 0 Å². The molecule has 0 saturated carbocycles. The van der Waals surface area contributed by atoms with E-state index in [2.05, 4.69) is 15.2 Å². The highest BCUT2D eigenvalue weighted by molar-refractivity contribution is 5.48. The van der Waals surface area contributed by atoms with Crippen LogP contribution in [0.5, 0.6) is 0 Å². The van der Waals surface area contributed by atoms with E-state index >= 15 is 0 Å². The molecule has 16 heavy (non-hydrogen) atoms. The molecule has 0 aliphatic heterocycles. The number of nitrogens with zero attached hydrogens (tertiary/aromatic N) is 4. The summed E-state index contributed by atoms with van der Waals surface area (Å²) >= 11 is 0. The summed E-state index contributed by atoms with van der Waals surface area (Å²) in [4.78, 5) is 3.34. The highest BCUT2D eigenvalue weighted by Crippen LogP contribution is 2.27. The van der Waals surface area contributed by atoms with E-state index < -0.39 is 12.0 Å². The second-order valence-electron chi connectivity index (χ2n) is 3.30. The number of hydrogen-bond acceptors (Lipinski definition) is 3. The van der Waals surface area contributed by atoms with E-state index in [0.717, 1.165) is 5.69 Å². The van der Waals surface area contributed by atoms with Crippen LogP contribution in [0.2, 0.25) is 0 Å². The molecule has 1 N–H and O–H groups in total. The van der Waals surface area contributed by atoms with Crippen LogP contribution in [0.4, 0.5) is 13.2 Å². The molecule has 2 aromatic heterocycles. The van der Waals surface area contributed by atoms with Crippen molar-refractivity contribution in [2.75, 3.05) is 0 Å². The molecule has 2 heterocycles. The zero-order chi connectivity index (χ0) is 11.9. The van der Waals surface area contributed by atoms with Gasteiger partial charge in [0.15, 0.2) is 0 Å². The summed E-state index contributed by atoms with van der Waals surface area (Å²) in [6.45, 7) is 1.79. The fraction of sp³-hybridized carbons (Fsp3) is 0.375. The number of aryl methyl sites for hydroxylation is 2. The monoisotopic (exact) mass is 231 g/mol. The molecular formula is C8H8F3N5. The predicted octanol–water partition coefficient (Wildman–Crippen LogP) is 1.53. The van der Waals surface area contributed by atoms with Crippen LogP contribution in [-0.4, -0.2) is 25.0 Å². The summed E-state index contributed by atoms with van der Waals surface area (Å²) in [6.07, 6.45) is -4.52. The fourth-order valence-electron chi connectivity index (χ4n) is 1.17. The van der Waals surface area contributed by atoms with Crippen molar-refractivity contribution in [3.05, 3.63) is 17.6 Å². The van der Waals surface area contributed by atoms with Gasteiger partial charge >= 0.3 is 6.18 Å². The summed E-state index contributed by atoms with van der Waals surface area (Å²) in [5.74, 6) is -1.18. The zero-order valence-electron chi connectivity index (χ0n) is 8.50. The van der Waals surface area contributed by atoms with E-state index in [1.165, 1.54) is 0 Å². The van der Waals surface area contributed by atoms with Crippen LogP contribution in [0.25, 0.3) is 11.5 Å². The Kier molecular flexibility index (Phi) is 2.21. The molecule has 0 spiro atoms. The first-order valence-electron chi connectivity index (χ1n) is 4.38. The van der Waals surface area contributed by atoms with Crippen molar-refractivity contribution in [1.29, 1.82) is 0 Å². The molecule has 0 aliphatic carbocycles. The Labute approximate surface area is 88.3 Å². The molecule has 0 radical (unpaired) electrons. The van der Waals surface area contributed by atoms with Crippen molar-refractivity contribution in [3.63, 3.8) is 0 Å². The minimum atomic E-state index is -4.52. The molecule has 0 unspecified atom stereocenters. The maximum Gasteiger partial charge on any atom is 0.451 e. The predicted molar refractivity (Wildman–Crippen MR) is 48.3 cm³/mol. The van der Waals surface area contributed by atoms with Gasteiger partial charge in [-0.1, -0.05) is 0 Å². The van der Waals surface area contributed by atoms with Gasteiger partial charge in [-0.25, -0.2) is 4.98 Å². The van der Waals surface area contributed by atoms with Gasteiger partial charge in [-0.05, 0) is 13.0 Å². The van der Waals surface area contributed by atoms with Crippen molar-refractivity contribution >= 4 is 0 Å². The van der Waals surface area contributed by atoms with E-state index in [9.17, 15) is 13.2 Å². The Hall–Kier alpha value is -1.86. The summed E-state index contributed by atoms with van der Waals surface area (Å²) in [7, 11) is 1.69. The highest BCUT2D eigenvalue weighted by Gasteiger charge is 2.35. The van der Waals surface area contributed by atoms with E-state index in [4.69, 9.17) is 0 Å². The average molecular weight is 231 g/mol. The molecule has 2 rings (SSSR count). The molecule has 2 aromatic rings. The lowest BCUT2D eigenvalue weighted by Crippen LogP contribution is -2.07. The topological polar surface area (TPSA) is 59.4 Å². The normalized spacial score (nSPS) is 12.1. The molecular weight excluding hydrogens is 223 g/mol. The summed E-state index contributed by atoms with van der Waals surface area (Å²) < 4.78 is 38.3. The Morgan fingerprint density at radius 3 is 2.50 bits per heavy atom. The second-order valence-corrected chi connectivity index (χ2v) is 3.30. The largest absolute Gasteiger partial charge is 0.451 e. The van der Waals surface area contributed by atoms with Gasteiger partial charge in [0.2, 0.25) is 11.6 Å². The number of H-pyrrole nitrogens is 1. The molecule has 8 heteroatoms. The van der Waals surface area contributed by atoms with Crippen LogP contribution < -0.4 is 0 Å². The number of nitrogens with one attached hydrogen (secondary N) is 1. The standard InChI is InChI=1S/C8H8F3N5/c1-4-3-5(15-16(4)2)6-12-7(14-13-6)8(9,10)11/h3H,1-2H3,(H,12,13,14). The lowest BCUT2D eigenvalue weighted by atomic mass is 10.3. The van der Waals surface area contributed by atoms with Crippen LogP contribution in [0, 0.1) is 6.92 Å². The van der Waals surface area contributed by atoms with Crippen molar-refractivity contribution < 1.29 is 13.2 Å².